The minimum atomic E-state index is -0.719. The van der Waals surface area contributed by atoms with Crippen molar-refractivity contribution in [1.82, 2.24) is 15.0 Å². The Morgan fingerprint density at radius 1 is 1.23 bits per heavy atom. The zero-order valence-electron chi connectivity index (χ0n) is 20.0. The smallest absolute Gasteiger partial charge is 0.310 e. The number of hydrogen-bond donors (Lipinski definition) is 1. The van der Waals surface area contributed by atoms with Gasteiger partial charge in [-0.2, -0.15) is 4.98 Å². The number of aromatic nitrogens is 2. The summed E-state index contributed by atoms with van der Waals surface area (Å²) in [6.45, 7) is 9.89. The van der Waals surface area contributed by atoms with E-state index in [4.69, 9.17) is 20.9 Å². The molecule has 1 fully saturated rings. The number of benzene rings is 2. The Balaban J connectivity index is 1.39. The number of carboxylic acid groups (broad SMARTS) is 1. The number of allylic oxidation sites excluding steroid dienone is 1. The van der Waals surface area contributed by atoms with Crippen LogP contribution in [0.4, 0.5) is 0 Å². The Morgan fingerprint density at radius 2 is 1.91 bits per heavy atom. The highest BCUT2D eigenvalue weighted by Crippen LogP contribution is 2.36. The fraction of sp³-hybridized carbons (Fsp3) is 0.370. The van der Waals surface area contributed by atoms with E-state index >= 15 is 0 Å². The number of halogens is 1. The molecular weight excluding hydrogens is 466 g/mol. The molecule has 1 aromatic heterocycles. The molecule has 35 heavy (non-hydrogen) atoms. The molecule has 0 bridgehead atoms. The van der Waals surface area contributed by atoms with Crippen molar-refractivity contribution in [2.24, 2.45) is 5.41 Å². The van der Waals surface area contributed by atoms with Crippen LogP contribution >= 0.6 is 11.6 Å². The van der Waals surface area contributed by atoms with Crippen molar-refractivity contribution in [3.63, 3.8) is 0 Å². The van der Waals surface area contributed by atoms with Crippen molar-refractivity contribution >= 4 is 17.6 Å². The molecule has 0 unspecified atom stereocenters. The van der Waals surface area contributed by atoms with Gasteiger partial charge in [-0.25, -0.2) is 0 Å². The number of likely N-dealkylation sites (tertiary alicyclic amines) is 1. The summed E-state index contributed by atoms with van der Waals surface area (Å²) >= 11 is 6.34. The van der Waals surface area contributed by atoms with Crippen LogP contribution in [0.1, 0.15) is 38.7 Å². The Morgan fingerprint density at radius 3 is 2.51 bits per heavy atom. The van der Waals surface area contributed by atoms with Crippen molar-refractivity contribution in [1.29, 1.82) is 0 Å². The highest BCUT2D eigenvalue weighted by molar-refractivity contribution is 6.32. The van der Waals surface area contributed by atoms with E-state index in [1.165, 1.54) is 0 Å². The molecule has 0 spiro atoms. The maximum absolute atomic E-state index is 11.8. The van der Waals surface area contributed by atoms with Gasteiger partial charge in [0.2, 0.25) is 5.82 Å². The third kappa shape index (κ3) is 5.74. The maximum Gasteiger partial charge on any atom is 0.310 e. The third-order valence-corrected chi connectivity index (χ3v) is 6.68. The van der Waals surface area contributed by atoms with E-state index in [1.807, 2.05) is 44.2 Å². The lowest BCUT2D eigenvalue weighted by Crippen LogP contribution is -2.43. The lowest BCUT2D eigenvalue weighted by Gasteiger charge is -2.38. The second kappa shape index (κ2) is 10.6. The number of piperidine rings is 1. The van der Waals surface area contributed by atoms with Gasteiger partial charge in [0, 0.05) is 17.7 Å². The van der Waals surface area contributed by atoms with Crippen LogP contribution < -0.4 is 4.74 Å². The Bertz CT molecular complexity index is 1180. The topological polar surface area (TPSA) is 88.7 Å². The first-order valence-corrected chi connectivity index (χ1v) is 12.1. The molecule has 3 aromatic rings. The average molecular weight is 496 g/mol. The number of hydrogen-bond acceptors (Lipinski definition) is 6. The molecule has 0 aliphatic carbocycles. The van der Waals surface area contributed by atoms with Crippen molar-refractivity contribution in [3.8, 4) is 28.6 Å². The first-order chi connectivity index (χ1) is 16.8. The molecule has 0 radical (unpaired) electrons. The molecule has 2 heterocycles. The van der Waals surface area contributed by atoms with Gasteiger partial charge in [-0.05, 0) is 70.0 Å². The summed E-state index contributed by atoms with van der Waals surface area (Å²) in [5, 5.41) is 14.3. The van der Waals surface area contributed by atoms with E-state index in [-0.39, 0.29) is 6.10 Å². The molecule has 0 amide bonds. The lowest BCUT2D eigenvalue weighted by atomic mass is 9.75. The van der Waals surface area contributed by atoms with Crippen LogP contribution in [-0.2, 0) is 11.3 Å². The van der Waals surface area contributed by atoms with Gasteiger partial charge in [-0.3, -0.25) is 9.69 Å². The van der Waals surface area contributed by atoms with Crippen LogP contribution in [0.3, 0.4) is 0 Å². The van der Waals surface area contributed by atoms with Crippen LogP contribution in [0.5, 0.6) is 5.75 Å². The SMILES string of the molecule is C=CCC1(C(=O)O)CCN(Cc2ccc(-c3noc(-c4ccc(OC(C)C)c(Cl)c4)n3)cc2)CC1. The summed E-state index contributed by atoms with van der Waals surface area (Å²) in [5.74, 6) is 0.780. The number of ether oxygens (including phenoxy) is 1. The number of rotatable bonds is 9. The van der Waals surface area contributed by atoms with E-state index in [2.05, 4.69) is 21.6 Å². The third-order valence-electron chi connectivity index (χ3n) is 6.39. The van der Waals surface area contributed by atoms with Gasteiger partial charge < -0.3 is 14.4 Å². The number of nitrogens with zero attached hydrogens (tertiary/aromatic N) is 3. The largest absolute Gasteiger partial charge is 0.489 e. The number of carboxylic acids is 1. The molecule has 4 rings (SSSR count). The van der Waals surface area contributed by atoms with Crippen molar-refractivity contribution in [3.05, 3.63) is 65.7 Å². The first-order valence-electron chi connectivity index (χ1n) is 11.8. The summed E-state index contributed by atoms with van der Waals surface area (Å²) in [6, 6.07) is 13.4. The summed E-state index contributed by atoms with van der Waals surface area (Å²) < 4.78 is 11.1. The average Bonchev–Trinajstić information content (AvgIpc) is 3.32. The fourth-order valence-electron chi connectivity index (χ4n) is 4.38. The second-order valence-electron chi connectivity index (χ2n) is 9.29. The molecule has 2 aromatic carbocycles. The maximum atomic E-state index is 11.8. The molecule has 8 heteroatoms. The van der Waals surface area contributed by atoms with E-state index in [1.54, 1.807) is 18.2 Å². The van der Waals surface area contributed by atoms with Gasteiger partial charge in [-0.15, -0.1) is 6.58 Å². The minimum absolute atomic E-state index is 0.0294. The van der Waals surface area contributed by atoms with Gasteiger partial charge in [0.25, 0.3) is 5.89 Å². The summed E-state index contributed by atoms with van der Waals surface area (Å²) in [7, 11) is 0. The van der Waals surface area contributed by atoms with E-state index < -0.39 is 11.4 Å². The zero-order valence-corrected chi connectivity index (χ0v) is 20.8. The minimum Gasteiger partial charge on any atom is -0.489 e. The Kier molecular flexibility index (Phi) is 7.57. The zero-order chi connectivity index (χ0) is 25.0. The van der Waals surface area contributed by atoms with Crippen LogP contribution in [0.2, 0.25) is 5.02 Å². The number of aliphatic carboxylic acids is 1. The highest BCUT2D eigenvalue weighted by atomic mass is 35.5. The fourth-order valence-corrected chi connectivity index (χ4v) is 4.60. The summed E-state index contributed by atoms with van der Waals surface area (Å²) in [4.78, 5) is 18.6. The Hall–Kier alpha value is -3.16. The standard InChI is InChI=1S/C27H30ClN3O4/c1-4-11-27(26(32)33)12-14-31(15-13-27)17-19-5-7-20(8-6-19)24-29-25(35-30-24)21-9-10-23(22(28)16-21)34-18(2)3/h4-10,16,18H,1,11-15,17H2,2-3H3,(H,32,33). The van der Waals surface area contributed by atoms with Crippen LogP contribution in [0, 0.1) is 5.41 Å². The molecule has 7 nitrogen and oxygen atoms in total. The first kappa shape index (κ1) is 24.9. The molecule has 1 aliphatic heterocycles. The van der Waals surface area contributed by atoms with Crippen molar-refractivity contribution < 1.29 is 19.2 Å². The van der Waals surface area contributed by atoms with Gasteiger partial charge in [0.15, 0.2) is 0 Å². The van der Waals surface area contributed by atoms with Crippen molar-refractivity contribution in [2.75, 3.05) is 13.1 Å². The summed E-state index contributed by atoms with van der Waals surface area (Å²) in [5.41, 5.74) is 2.05. The quantitative estimate of drug-likeness (QED) is 0.359. The van der Waals surface area contributed by atoms with Gasteiger partial charge >= 0.3 is 5.97 Å². The van der Waals surface area contributed by atoms with Gasteiger partial charge in [0.1, 0.15) is 5.75 Å². The molecule has 1 aliphatic rings. The normalized spacial score (nSPS) is 15.8. The van der Waals surface area contributed by atoms with Crippen LogP contribution in [0.15, 0.2) is 59.6 Å². The van der Waals surface area contributed by atoms with Crippen LogP contribution in [-0.4, -0.2) is 45.3 Å². The van der Waals surface area contributed by atoms with Gasteiger partial charge in [-0.1, -0.05) is 47.1 Å². The molecular formula is C27H30ClN3O4. The monoisotopic (exact) mass is 495 g/mol. The van der Waals surface area contributed by atoms with E-state index in [0.717, 1.165) is 36.3 Å². The molecule has 0 saturated carbocycles. The predicted molar refractivity (Wildman–Crippen MR) is 135 cm³/mol. The lowest BCUT2D eigenvalue weighted by molar-refractivity contribution is -0.152. The van der Waals surface area contributed by atoms with Gasteiger partial charge in [0.05, 0.1) is 16.5 Å². The van der Waals surface area contributed by atoms with E-state index in [0.29, 0.717) is 41.7 Å². The highest BCUT2D eigenvalue weighted by Gasteiger charge is 2.40. The molecule has 184 valence electrons. The molecule has 0 atom stereocenters. The number of carbonyl (C=O) groups is 1. The Labute approximate surface area is 210 Å². The molecule has 1 N–H and O–H groups in total. The predicted octanol–water partition coefficient (Wildman–Crippen LogP) is 6.09. The molecule has 1 saturated heterocycles. The van der Waals surface area contributed by atoms with E-state index in [9.17, 15) is 9.90 Å². The van der Waals surface area contributed by atoms with Crippen molar-refractivity contribution in [2.45, 2.75) is 45.8 Å². The van der Waals surface area contributed by atoms with Crippen LogP contribution in [0.25, 0.3) is 22.8 Å². The second-order valence-corrected chi connectivity index (χ2v) is 9.69. The summed E-state index contributed by atoms with van der Waals surface area (Å²) in [6.07, 6.45) is 3.53.